The number of methoxy groups -OCH3 is 2. The summed E-state index contributed by atoms with van der Waals surface area (Å²) in [5.74, 6) is 1.76. The second-order valence-electron chi connectivity index (χ2n) is 6.03. The predicted octanol–water partition coefficient (Wildman–Crippen LogP) is 3.01. The Bertz CT molecular complexity index is 487. The van der Waals surface area contributed by atoms with E-state index < -0.39 is 0 Å². The number of hydrogen-bond donors (Lipinski definition) is 1. The maximum atomic E-state index is 12.3. The molecule has 0 fully saturated rings. The number of amides is 1. The van der Waals surface area contributed by atoms with Crippen molar-refractivity contribution in [2.45, 2.75) is 33.7 Å². The third-order valence-electron chi connectivity index (χ3n) is 3.36. The molecule has 5 nitrogen and oxygen atoms in total. The van der Waals surface area contributed by atoms with Gasteiger partial charge in [-0.3, -0.25) is 9.69 Å². The lowest BCUT2D eigenvalue weighted by Gasteiger charge is -2.27. The third kappa shape index (κ3) is 5.56. The van der Waals surface area contributed by atoms with Crippen LogP contribution in [0.25, 0.3) is 0 Å². The summed E-state index contributed by atoms with van der Waals surface area (Å²) in [6, 6.07) is 5.66. The van der Waals surface area contributed by atoms with Gasteiger partial charge in [0.25, 0.3) is 0 Å². The topological polar surface area (TPSA) is 50.8 Å². The van der Waals surface area contributed by atoms with E-state index in [9.17, 15) is 4.79 Å². The van der Waals surface area contributed by atoms with Gasteiger partial charge in [-0.05, 0) is 31.9 Å². The summed E-state index contributed by atoms with van der Waals surface area (Å²) in [5.41, 5.74) is 0.625. The van der Waals surface area contributed by atoms with E-state index in [1.807, 2.05) is 0 Å². The van der Waals surface area contributed by atoms with Gasteiger partial charge in [-0.1, -0.05) is 13.8 Å². The normalized spacial score (nSPS) is 11.1. The van der Waals surface area contributed by atoms with Crippen LogP contribution in [0.1, 0.15) is 27.7 Å². The molecule has 0 radical (unpaired) electrons. The van der Waals surface area contributed by atoms with Crippen LogP contribution in [0, 0.1) is 5.92 Å². The fourth-order valence-corrected chi connectivity index (χ4v) is 2.21. The maximum Gasteiger partial charge on any atom is 0.238 e. The number of benzene rings is 1. The number of anilines is 1. The van der Waals surface area contributed by atoms with Crippen LogP contribution in [0.15, 0.2) is 18.2 Å². The van der Waals surface area contributed by atoms with E-state index >= 15 is 0 Å². The van der Waals surface area contributed by atoms with Crippen molar-refractivity contribution in [2.75, 3.05) is 32.6 Å². The zero-order valence-corrected chi connectivity index (χ0v) is 14.5. The molecule has 22 heavy (non-hydrogen) atoms. The Morgan fingerprint density at radius 2 is 1.86 bits per heavy atom. The van der Waals surface area contributed by atoms with Crippen LogP contribution in [0.2, 0.25) is 0 Å². The quantitative estimate of drug-likeness (QED) is 0.802. The van der Waals surface area contributed by atoms with E-state index in [4.69, 9.17) is 9.47 Å². The van der Waals surface area contributed by atoms with Crippen molar-refractivity contribution in [2.24, 2.45) is 5.92 Å². The first-order valence-corrected chi connectivity index (χ1v) is 7.63. The van der Waals surface area contributed by atoms with Crippen LogP contribution >= 0.6 is 0 Å². The summed E-state index contributed by atoms with van der Waals surface area (Å²) in [7, 11) is 3.17. The van der Waals surface area contributed by atoms with Gasteiger partial charge in [0.1, 0.15) is 11.5 Å². The van der Waals surface area contributed by atoms with Crippen LogP contribution in [-0.4, -0.2) is 44.2 Å². The van der Waals surface area contributed by atoms with Gasteiger partial charge in [0.05, 0.1) is 26.5 Å². The minimum atomic E-state index is -0.0547. The van der Waals surface area contributed by atoms with Crippen molar-refractivity contribution in [3.8, 4) is 11.5 Å². The van der Waals surface area contributed by atoms with Crippen molar-refractivity contribution >= 4 is 11.6 Å². The molecule has 0 saturated carbocycles. The lowest BCUT2D eigenvalue weighted by atomic mass is 10.2. The molecular weight excluding hydrogens is 280 g/mol. The molecule has 0 unspecified atom stereocenters. The molecule has 5 heteroatoms. The highest BCUT2D eigenvalue weighted by molar-refractivity contribution is 5.94. The Kier molecular flexibility index (Phi) is 7.18. The highest BCUT2D eigenvalue weighted by atomic mass is 16.5. The molecule has 0 spiro atoms. The van der Waals surface area contributed by atoms with Gasteiger partial charge in [0.2, 0.25) is 5.91 Å². The fourth-order valence-electron chi connectivity index (χ4n) is 2.21. The average molecular weight is 308 g/mol. The van der Waals surface area contributed by atoms with E-state index in [2.05, 4.69) is 37.9 Å². The number of carbonyl (C=O) groups excluding carboxylic acids is 1. The van der Waals surface area contributed by atoms with E-state index in [1.165, 1.54) is 0 Å². The second kappa shape index (κ2) is 8.63. The molecule has 0 aromatic heterocycles. The third-order valence-corrected chi connectivity index (χ3v) is 3.36. The summed E-state index contributed by atoms with van der Waals surface area (Å²) in [6.45, 7) is 9.75. The summed E-state index contributed by atoms with van der Waals surface area (Å²) < 4.78 is 10.5. The van der Waals surface area contributed by atoms with E-state index in [0.717, 1.165) is 6.54 Å². The molecular formula is C17H28N2O3. The van der Waals surface area contributed by atoms with Gasteiger partial charge in [0.15, 0.2) is 0 Å². The van der Waals surface area contributed by atoms with Crippen molar-refractivity contribution in [3.63, 3.8) is 0 Å². The average Bonchev–Trinajstić information content (AvgIpc) is 2.45. The Labute approximate surface area is 133 Å². The van der Waals surface area contributed by atoms with Crippen molar-refractivity contribution in [1.82, 2.24) is 4.90 Å². The molecule has 1 N–H and O–H groups in total. The molecule has 1 aromatic rings. The smallest absolute Gasteiger partial charge is 0.238 e. The zero-order chi connectivity index (χ0) is 16.7. The Morgan fingerprint density at radius 3 is 2.36 bits per heavy atom. The first kappa shape index (κ1) is 18.3. The van der Waals surface area contributed by atoms with Gasteiger partial charge in [-0.25, -0.2) is 0 Å². The molecule has 0 aliphatic carbocycles. The summed E-state index contributed by atoms with van der Waals surface area (Å²) >= 11 is 0. The Balaban J connectivity index is 2.78. The van der Waals surface area contributed by atoms with E-state index in [0.29, 0.717) is 35.7 Å². The van der Waals surface area contributed by atoms with Gasteiger partial charge < -0.3 is 14.8 Å². The number of ether oxygens (including phenoxy) is 2. The second-order valence-corrected chi connectivity index (χ2v) is 6.03. The molecule has 0 aliphatic rings. The van der Waals surface area contributed by atoms with E-state index in [1.54, 1.807) is 32.4 Å². The monoisotopic (exact) mass is 308 g/mol. The molecule has 0 saturated heterocycles. The zero-order valence-electron chi connectivity index (χ0n) is 14.5. The summed E-state index contributed by atoms with van der Waals surface area (Å²) in [4.78, 5) is 14.5. The minimum Gasteiger partial charge on any atom is -0.497 e. The van der Waals surface area contributed by atoms with Crippen molar-refractivity contribution < 1.29 is 14.3 Å². The maximum absolute atomic E-state index is 12.3. The van der Waals surface area contributed by atoms with Gasteiger partial charge >= 0.3 is 0 Å². The number of rotatable bonds is 8. The molecule has 1 rings (SSSR count). The number of carbonyl (C=O) groups is 1. The summed E-state index contributed by atoms with van der Waals surface area (Å²) in [5, 5.41) is 2.91. The number of nitrogens with zero attached hydrogens (tertiary/aromatic N) is 1. The first-order valence-electron chi connectivity index (χ1n) is 7.63. The van der Waals surface area contributed by atoms with Crippen LogP contribution in [0.4, 0.5) is 5.69 Å². The SMILES string of the molecule is COc1ccc(OC)c(NC(=O)CN(CC(C)C)C(C)C)c1. The van der Waals surface area contributed by atoms with Crippen LogP contribution in [0.3, 0.4) is 0 Å². The van der Waals surface area contributed by atoms with E-state index in [-0.39, 0.29) is 5.91 Å². The fraction of sp³-hybridized carbons (Fsp3) is 0.588. The molecule has 0 aliphatic heterocycles. The van der Waals surface area contributed by atoms with Crippen LogP contribution in [-0.2, 0) is 4.79 Å². The van der Waals surface area contributed by atoms with Crippen molar-refractivity contribution in [1.29, 1.82) is 0 Å². The minimum absolute atomic E-state index is 0.0547. The lowest BCUT2D eigenvalue weighted by molar-refractivity contribution is -0.117. The molecule has 1 aromatic carbocycles. The Morgan fingerprint density at radius 1 is 1.18 bits per heavy atom. The molecule has 0 bridgehead atoms. The van der Waals surface area contributed by atoms with Crippen molar-refractivity contribution in [3.05, 3.63) is 18.2 Å². The molecule has 0 atom stereocenters. The van der Waals surface area contributed by atoms with Crippen LogP contribution in [0.5, 0.6) is 11.5 Å². The molecule has 0 heterocycles. The van der Waals surface area contributed by atoms with Gasteiger partial charge in [-0.2, -0.15) is 0 Å². The molecule has 124 valence electrons. The molecule has 1 amide bonds. The number of hydrogen-bond acceptors (Lipinski definition) is 4. The summed E-state index contributed by atoms with van der Waals surface area (Å²) in [6.07, 6.45) is 0. The van der Waals surface area contributed by atoms with Gasteiger partial charge in [0, 0.05) is 18.7 Å². The largest absolute Gasteiger partial charge is 0.497 e. The number of nitrogens with one attached hydrogen (secondary N) is 1. The highest BCUT2D eigenvalue weighted by Crippen LogP contribution is 2.28. The van der Waals surface area contributed by atoms with Crippen LogP contribution < -0.4 is 14.8 Å². The Hall–Kier alpha value is -1.75. The predicted molar refractivity (Wildman–Crippen MR) is 89.7 cm³/mol. The highest BCUT2D eigenvalue weighted by Gasteiger charge is 2.16. The standard InChI is InChI=1S/C17H28N2O3/c1-12(2)10-19(13(3)4)11-17(20)18-15-9-14(21-5)7-8-16(15)22-6/h7-9,12-13H,10-11H2,1-6H3,(H,18,20). The lowest BCUT2D eigenvalue weighted by Crippen LogP contribution is -2.40. The first-order chi connectivity index (χ1) is 10.4. The van der Waals surface area contributed by atoms with Gasteiger partial charge in [-0.15, -0.1) is 0 Å².